The van der Waals surface area contributed by atoms with Gasteiger partial charge in [-0.3, -0.25) is 0 Å². The van der Waals surface area contributed by atoms with Crippen molar-refractivity contribution >= 4 is 29.5 Å². The Labute approximate surface area is 100 Å². The fraction of sp³-hybridized carbons (Fsp3) is 0.200. The van der Waals surface area contributed by atoms with Gasteiger partial charge >= 0.3 is 6.18 Å². The van der Waals surface area contributed by atoms with Gasteiger partial charge in [-0.05, 0) is 18.2 Å². The zero-order chi connectivity index (χ0) is 12.5. The van der Waals surface area contributed by atoms with Gasteiger partial charge in [-0.25, -0.2) is 9.98 Å². The lowest BCUT2D eigenvalue weighted by atomic mass is 10.2. The van der Waals surface area contributed by atoms with E-state index in [0.29, 0.717) is 6.54 Å². The Morgan fingerprint density at radius 1 is 1.29 bits per heavy atom. The van der Waals surface area contributed by atoms with Crippen molar-refractivity contribution in [3.05, 3.63) is 28.8 Å². The van der Waals surface area contributed by atoms with Gasteiger partial charge in [0.25, 0.3) is 0 Å². The predicted octanol–water partition coefficient (Wildman–Crippen LogP) is 3.21. The topological polar surface area (TPSA) is 36.8 Å². The SMILES string of the molecule is FC(F)(F)c1ccc(Cl)c(NC2=NCC=N2)c1. The molecule has 0 aliphatic carbocycles. The van der Waals surface area contributed by atoms with Crippen LogP contribution in [0, 0.1) is 0 Å². The highest BCUT2D eigenvalue weighted by Gasteiger charge is 2.31. The van der Waals surface area contributed by atoms with E-state index in [1.165, 1.54) is 6.07 Å². The maximum atomic E-state index is 12.5. The molecule has 0 atom stereocenters. The molecule has 1 aromatic rings. The van der Waals surface area contributed by atoms with E-state index in [0.717, 1.165) is 12.1 Å². The van der Waals surface area contributed by atoms with Gasteiger partial charge in [0.05, 0.1) is 22.8 Å². The van der Waals surface area contributed by atoms with Gasteiger partial charge in [-0.1, -0.05) is 11.6 Å². The summed E-state index contributed by atoms with van der Waals surface area (Å²) in [6.07, 6.45) is -2.86. The number of benzene rings is 1. The van der Waals surface area contributed by atoms with Crippen molar-refractivity contribution in [2.75, 3.05) is 11.9 Å². The lowest BCUT2D eigenvalue weighted by molar-refractivity contribution is -0.137. The molecule has 2 rings (SSSR count). The lowest BCUT2D eigenvalue weighted by Crippen LogP contribution is -2.10. The fourth-order valence-electron chi connectivity index (χ4n) is 1.29. The number of hydrogen-bond acceptors (Lipinski definition) is 3. The third-order valence-electron chi connectivity index (χ3n) is 2.08. The van der Waals surface area contributed by atoms with Crippen LogP contribution in [0.1, 0.15) is 5.56 Å². The first-order chi connectivity index (χ1) is 7.97. The minimum absolute atomic E-state index is 0.138. The molecule has 1 N–H and O–H groups in total. The Bertz CT molecular complexity index is 494. The Morgan fingerprint density at radius 3 is 2.65 bits per heavy atom. The second kappa shape index (κ2) is 4.37. The van der Waals surface area contributed by atoms with E-state index in [2.05, 4.69) is 15.3 Å². The maximum absolute atomic E-state index is 12.5. The smallest absolute Gasteiger partial charge is 0.323 e. The van der Waals surface area contributed by atoms with Crippen LogP contribution in [0.15, 0.2) is 28.2 Å². The average Bonchev–Trinajstić information content (AvgIpc) is 2.72. The summed E-state index contributed by atoms with van der Waals surface area (Å²) >= 11 is 5.79. The van der Waals surface area contributed by atoms with Crippen LogP contribution in [-0.4, -0.2) is 18.7 Å². The molecule has 0 fully saturated rings. The summed E-state index contributed by atoms with van der Waals surface area (Å²) in [5.41, 5.74) is -0.633. The normalized spacial score (nSPS) is 14.9. The average molecular weight is 262 g/mol. The van der Waals surface area contributed by atoms with Crippen molar-refractivity contribution in [2.45, 2.75) is 6.18 Å². The van der Waals surface area contributed by atoms with Crippen molar-refractivity contribution in [1.29, 1.82) is 0 Å². The number of aliphatic imine (C=N–C) groups is 2. The molecule has 0 unspecified atom stereocenters. The zero-order valence-corrected chi connectivity index (χ0v) is 9.18. The van der Waals surface area contributed by atoms with E-state index in [-0.39, 0.29) is 16.7 Å². The third kappa shape index (κ3) is 2.76. The summed E-state index contributed by atoms with van der Waals surface area (Å²) in [4.78, 5) is 7.75. The molecule has 0 radical (unpaired) electrons. The van der Waals surface area contributed by atoms with Gasteiger partial charge in [0.1, 0.15) is 0 Å². The third-order valence-corrected chi connectivity index (χ3v) is 2.41. The van der Waals surface area contributed by atoms with Gasteiger partial charge in [0, 0.05) is 6.21 Å². The summed E-state index contributed by atoms with van der Waals surface area (Å²) in [7, 11) is 0. The van der Waals surface area contributed by atoms with Gasteiger partial charge in [0.2, 0.25) is 5.96 Å². The first kappa shape index (κ1) is 11.9. The molecule has 3 nitrogen and oxygen atoms in total. The van der Waals surface area contributed by atoms with Crippen molar-refractivity contribution in [3.8, 4) is 0 Å². The number of hydrogen-bond donors (Lipinski definition) is 1. The fourth-order valence-corrected chi connectivity index (χ4v) is 1.45. The first-order valence-electron chi connectivity index (χ1n) is 4.67. The van der Waals surface area contributed by atoms with Gasteiger partial charge < -0.3 is 5.32 Å². The van der Waals surface area contributed by atoms with Crippen molar-refractivity contribution < 1.29 is 13.2 Å². The predicted molar refractivity (Wildman–Crippen MR) is 60.9 cm³/mol. The van der Waals surface area contributed by atoms with E-state index in [1.807, 2.05) is 0 Å². The molecule has 17 heavy (non-hydrogen) atoms. The van der Waals surface area contributed by atoms with Crippen molar-refractivity contribution in [1.82, 2.24) is 0 Å². The van der Waals surface area contributed by atoms with Crippen LogP contribution in [0.2, 0.25) is 5.02 Å². The summed E-state index contributed by atoms with van der Waals surface area (Å²) in [6, 6.07) is 3.04. The zero-order valence-electron chi connectivity index (χ0n) is 8.42. The Hall–Kier alpha value is -1.56. The summed E-state index contributed by atoms with van der Waals surface area (Å²) in [6.45, 7) is 0.416. The molecule has 90 valence electrons. The van der Waals surface area contributed by atoms with Crippen molar-refractivity contribution in [2.24, 2.45) is 9.98 Å². The molecule has 0 spiro atoms. The van der Waals surface area contributed by atoms with Gasteiger partial charge in [0.15, 0.2) is 0 Å². The highest BCUT2D eigenvalue weighted by molar-refractivity contribution is 6.33. The molecule has 0 saturated heterocycles. The summed E-state index contributed by atoms with van der Waals surface area (Å²) in [5, 5.41) is 2.82. The van der Waals surface area contributed by atoms with E-state index < -0.39 is 11.7 Å². The molecule has 7 heteroatoms. The molecule has 0 saturated carbocycles. The van der Waals surface area contributed by atoms with Crippen LogP contribution in [0.4, 0.5) is 18.9 Å². The van der Waals surface area contributed by atoms with Crippen LogP contribution in [0.25, 0.3) is 0 Å². The number of alkyl halides is 3. The summed E-state index contributed by atoms with van der Waals surface area (Å²) < 4.78 is 37.4. The highest BCUT2D eigenvalue weighted by atomic mass is 35.5. The molecule has 1 aliphatic rings. The van der Waals surface area contributed by atoms with Crippen LogP contribution in [0.5, 0.6) is 0 Å². The Kier molecular flexibility index (Phi) is 3.06. The first-order valence-corrected chi connectivity index (χ1v) is 5.05. The molecule has 0 bridgehead atoms. The van der Waals surface area contributed by atoms with E-state index in [4.69, 9.17) is 11.6 Å². The minimum atomic E-state index is -4.40. The highest BCUT2D eigenvalue weighted by Crippen LogP contribution is 2.33. The second-order valence-electron chi connectivity index (χ2n) is 3.29. The standard InChI is InChI=1S/C10H7ClF3N3/c11-7-2-1-6(10(12,13)14)5-8(7)17-9-15-3-4-16-9/h1-3,5H,4H2,(H,16,17). The van der Waals surface area contributed by atoms with E-state index in [9.17, 15) is 13.2 Å². The van der Waals surface area contributed by atoms with Gasteiger partial charge in [-0.2, -0.15) is 13.2 Å². The number of nitrogens with one attached hydrogen (secondary N) is 1. The van der Waals surface area contributed by atoms with Crippen LogP contribution in [-0.2, 0) is 6.18 Å². The molecule has 1 heterocycles. The molecular weight excluding hydrogens is 255 g/mol. The molecule has 1 aromatic carbocycles. The van der Waals surface area contributed by atoms with Crippen LogP contribution in [0.3, 0.4) is 0 Å². The Morgan fingerprint density at radius 2 is 2.06 bits per heavy atom. The van der Waals surface area contributed by atoms with E-state index >= 15 is 0 Å². The second-order valence-corrected chi connectivity index (χ2v) is 3.70. The molecule has 0 amide bonds. The largest absolute Gasteiger partial charge is 0.416 e. The van der Waals surface area contributed by atoms with Crippen LogP contribution >= 0.6 is 11.6 Å². The molecule has 0 aromatic heterocycles. The van der Waals surface area contributed by atoms with E-state index in [1.54, 1.807) is 6.21 Å². The van der Waals surface area contributed by atoms with Crippen LogP contribution < -0.4 is 5.32 Å². The number of guanidine groups is 1. The molecular formula is C10H7ClF3N3. The lowest BCUT2D eigenvalue weighted by Gasteiger charge is -2.11. The summed E-state index contributed by atoms with van der Waals surface area (Å²) in [5.74, 6) is 0.256. The number of anilines is 1. The van der Waals surface area contributed by atoms with Gasteiger partial charge in [-0.15, -0.1) is 0 Å². The number of rotatable bonds is 1. The monoisotopic (exact) mass is 261 g/mol. The maximum Gasteiger partial charge on any atom is 0.416 e. The van der Waals surface area contributed by atoms with Crippen molar-refractivity contribution in [3.63, 3.8) is 0 Å². The number of halogens is 4. The molecule has 1 aliphatic heterocycles. The Balaban J connectivity index is 2.29. The quantitative estimate of drug-likeness (QED) is 0.828. The number of nitrogens with zero attached hydrogens (tertiary/aromatic N) is 2. The minimum Gasteiger partial charge on any atom is -0.323 e.